The smallest absolute Gasteiger partial charge is 0.0377 e. The van der Waals surface area contributed by atoms with Gasteiger partial charge in [0.15, 0.2) is 0 Å². The molecule has 4 rings (SSSR count). The van der Waals surface area contributed by atoms with Crippen LogP contribution in [0.5, 0.6) is 0 Å². The van der Waals surface area contributed by atoms with E-state index in [4.69, 9.17) is 0 Å². The van der Waals surface area contributed by atoms with Gasteiger partial charge in [-0.15, -0.1) is 0 Å². The number of aromatic nitrogens is 1. The summed E-state index contributed by atoms with van der Waals surface area (Å²) in [5, 5.41) is 0. The van der Waals surface area contributed by atoms with E-state index in [9.17, 15) is 0 Å². The number of pyridine rings is 1. The highest BCUT2D eigenvalue weighted by atomic mass is 32.2. The van der Waals surface area contributed by atoms with Crippen LogP contribution in [0.1, 0.15) is 22.6 Å². The summed E-state index contributed by atoms with van der Waals surface area (Å²) in [4.78, 5) is 6.99. The van der Waals surface area contributed by atoms with Gasteiger partial charge in [-0.3, -0.25) is 4.98 Å². The molecule has 2 heteroatoms. The summed E-state index contributed by atoms with van der Waals surface area (Å²) in [6, 6.07) is 21.5. The topological polar surface area (TPSA) is 12.9 Å². The Morgan fingerprint density at radius 3 is 2.00 bits per heavy atom. The molecule has 0 aliphatic carbocycles. The molecule has 1 aliphatic heterocycles. The fourth-order valence-electron chi connectivity index (χ4n) is 2.82. The van der Waals surface area contributed by atoms with E-state index in [-0.39, 0.29) is 5.92 Å². The first-order valence-corrected chi connectivity index (χ1v) is 7.51. The Balaban J connectivity index is 1.98. The molecular formula is C18H13NS. The summed E-state index contributed by atoms with van der Waals surface area (Å²) >= 11 is 1.86. The van der Waals surface area contributed by atoms with Crippen LogP contribution in [0, 0.1) is 0 Å². The van der Waals surface area contributed by atoms with Crippen LogP contribution in [0.25, 0.3) is 0 Å². The van der Waals surface area contributed by atoms with Gasteiger partial charge in [-0.25, -0.2) is 0 Å². The van der Waals surface area contributed by atoms with Crippen LogP contribution >= 0.6 is 11.8 Å². The Bertz CT molecular complexity index is 707. The molecule has 0 bridgehead atoms. The summed E-state index contributed by atoms with van der Waals surface area (Å²) in [5.41, 5.74) is 4.01. The van der Waals surface area contributed by atoms with Gasteiger partial charge in [0.25, 0.3) is 0 Å². The molecular weight excluding hydrogens is 262 g/mol. The summed E-state index contributed by atoms with van der Waals surface area (Å²) in [7, 11) is 0. The molecule has 1 aromatic heterocycles. The molecule has 20 heavy (non-hydrogen) atoms. The number of nitrogens with zero attached hydrogens (tertiary/aromatic N) is 1. The van der Waals surface area contributed by atoms with E-state index in [2.05, 4.69) is 59.6 Å². The minimum absolute atomic E-state index is 0.289. The first-order valence-electron chi connectivity index (χ1n) is 6.69. The number of hydrogen-bond donors (Lipinski definition) is 0. The van der Waals surface area contributed by atoms with E-state index in [1.165, 1.54) is 26.5 Å². The molecule has 0 spiro atoms. The van der Waals surface area contributed by atoms with Crippen molar-refractivity contribution in [2.75, 3.05) is 0 Å². The van der Waals surface area contributed by atoms with Crippen molar-refractivity contribution < 1.29 is 0 Å². The van der Waals surface area contributed by atoms with Gasteiger partial charge in [-0.05, 0) is 34.9 Å². The maximum atomic E-state index is 4.30. The molecule has 2 aromatic carbocycles. The second-order valence-electron chi connectivity index (χ2n) is 4.90. The van der Waals surface area contributed by atoms with Crippen LogP contribution in [-0.2, 0) is 0 Å². The van der Waals surface area contributed by atoms with E-state index < -0.39 is 0 Å². The van der Waals surface area contributed by atoms with E-state index in [0.717, 1.165) is 0 Å². The largest absolute Gasteiger partial charge is 0.264 e. The Labute approximate surface area is 122 Å². The molecule has 0 N–H and O–H groups in total. The van der Waals surface area contributed by atoms with Gasteiger partial charge in [0, 0.05) is 28.1 Å². The van der Waals surface area contributed by atoms with Crippen molar-refractivity contribution in [2.45, 2.75) is 15.7 Å². The molecule has 3 aromatic rings. The predicted molar refractivity (Wildman–Crippen MR) is 82.2 cm³/mol. The normalized spacial score (nSPS) is 13.6. The third kappa shape index (κ3) is 1.84. The molecule has 0 radical (unpaired) electrons. The van der Waals surface area contributed by atoms with E-state index >= 15 is 0 Å². The molecule has 1 aliphatic rings. The highest BCUT2D eigenvalue weighted by Gasteiger charge is 2.26. The fraction of sp³-hybridized carbons (Fsp3) is 0.0556. The first-order chi connectivity index (χ1) is 9.93. The van der Waals surface area contributed by atoms with Crippen molar-refractivity contribution >= 4 is 11.8 Å². The maximum absolute atomic E-state index is 4.30. The summed E-state index contributed by atoms with van der Waals surface area (Å²) in [5.74, 6) is 0.289. The van der Waals surface area contributed by atoms with Gasteiger partial charge in [-0.1, -0.05) is 54.2 Å². The monoisotopic (exact) mass is 275 g/mol. The highest BCUT2D eigenvalue weighted by molar-refractivity contribution is 7.99. The predicted octanol–water partition coefficient (Wildman–Crippen LogP) is 4.73. The van der Waals surface area contributed by atoms with Crippen molar-refractivity contribution in [2.24, 2.45) is 0 Å². The van der Waals surface area contributed by atoms with Crippen LogP contribution in [0.4, 0.5) is 0 Å². The number of benzene rings is 2. The number of fused-ring (bicyclic) bond motifs is 2. The minimum Gasteiger partial charge on any atom is -0.264 e. The van der Waals surface area contributed by atoms with Gasteiger partial charge in [-0.2, -0.15) is 0 Å². The lowest BCUT2D eigenvalue weighted by atomic mass is 9.85. The second kappa shape index (κ2) is 4.80. The molecule has 2 heterocycles. The van der Waals surface area contributed by atoms with Crippen molar-refractivity contribution in [3.05, 3.63) is 89.7 Å². The zero-order valence-corrected chi connectivity index (χ0v) is 11.7. The van der Waals surface area contributed by atoms with E-state index in [1.54, 1.807) is 0 Å². The van der Waals surface area contributed by atoms with E-state index in [1.807, 2.05) is 30.2 Å². The molecule has 0 amide bonds. The average Bonchev–Trinajstić information content (AvgIpc) is 2.53. The lowest BCUT2D eigenvalue weighted by molar-refractivity contribution is 0.894. The van der Waals surface area contributed by atoms with Gasteiger partial charge in [0.1, 0.15) is 0 Å². The SMILES string of the molecule is c1cncc(C2c3ccccc3Sc3ccccc32)c1. The third-order valence-electron chi connectivity index (χ3n) is 3.70. The zero-order chi connectivity index (χ0) is 13.4. The molecule has 0 atom stereocenters. The van der Waals surface area contributed by atoms with Crippen molar-refractivity contribution in [1.29, 1.82) is 0 Å². The van der Waals surface area contributed by atoms with Gasteiger partial charge in [0.2, 0.25) is 0 Å². The Hall–Kier alpha value is -2.06. The molecule has 96 valence electrons. The number of hydrogen-bond acceptors (Lipinski definition) is 2. The average molecular weight is 275 g/mol. The van der Waals surface area contributed by atoms with Gasteiger partial charge < -0.3 is 0 Å². The van der Waals surface area contributed by atoms with E-state index in [0.29, 0.717) is 0 Å². The maximum Gasteiger partial charge on any atom is 0.0377 e. The highest BCUT2D eigenvalue weighted by Crippen LogP contribution is 2.47. The van der Waals surface area contributed by atoms with Gasteiger partial charge >= 0.3 is 0 Å². The quantitative estimate of drug-likeness (QED) is 0.498. The van der Waals surface area contributed by atoms with Crippen molar-refractivity contribution in [1.82, 2.24) is 4.98 Å². The van der Waals surface area contributed by atoms with Crippen LogP contribution in [0.3, 0.4) is 0 Å². The fourth-order valence-corrected chi connectivity index (χ4v) is 3.95. The van der Waals surface area contributed by atoms with Gasteiger partial charge in [0.05, 0.1) is 0 Å². The lowest BCUT2D eigenvalue weighted by Crippen LogP contribution is -2.09. The molecule has 0 fully saturated rings. The Morgan fingerprint density at radius 1 is 0.750 bits per heavy atom. The molecule has 1 nitrogen and oxygen atoms in total. The molecule has 0 saturated carbocycles. The van der Waals surface area contributed by atoms with Crippen molar-refractivity contribution in [3.8, 4) is 0 Å². The summed E-state index contributed by atoms with van der Waals surface area (Å²) < 4.78 is 0. The summed E-state index contributed by atoms with van der Waals surface area (Å²) in [6.07, 6.45) is 3.81. The third-order valence-corrected chi connectivity index (χ3v) is 4.88. The number of rotatable bonds is 1. The molecule has 0 saturated heterocycles. The van der Waals surface area contributed by atoms with Crippen LogP contribution in [0.15, 0.2) is 82.8 Å². The first kappa shape index (κ1) is 11.7. The lowest BCUT2D eigenvalue weighted by Gasteiger charge is -2.27. The second-order valence-corrected chi connectivity index (χ2v) is 5.98. The minimum atomic E-state index is 0.289. The van der Waals surface area contributed by atoms with Crippen LogP contribution in [0.2, 0.25) is 0 Å². The Kier molecular flexibility index (Phi) is 2.82. The zero-order valence-electron chi connectivity index (χ0n) is 10.9. The van der Waals surface area contributed by atoms with Crippen molar-refractivity contribution in [3.63, 3.8) is 0 Å². The molecule has 0 unspecified atom stereocenters. The standard InChI is InChI=1S/C18H13NS/c1-3-9-16-14(7-1)18(13-6-5-11-19-12-13)15-8-2-4-10-17(15)20-16/h1-12,18H. The Morgan fingerprint density at radius 2 is 1.40 bits per heavy atom. The van der Waals surface area contributed by atoms with Crippen LogP contribution < -0.4 is 0 Å². The summed E-state index contributed by atoms with van der Waals surface area (Å²) in [6.45, 7) is 0. The van der Waals surface area contributed by atoms with Crippen LogP contribution in [-0.4, -0.2) is 4.98 Å².